The summed E-state index contributed by atoms with van der Waals surface area (Å²) in [6.07, 6.45) is 0.351. The fraction of sp³-hybridized carbons (Fsp3) is 0.579. The van der Waals surface area contributed by atoms with Crippen LogP contribution in [0.1, 0.15) is 27.4 Å². The molecule has 8 nitrogen and oxygen atoms in total. The molecule has 0 aromatic carbocycles. The summed E-state index contributed by atoms with van der Waals surface area (Å²) in [6, 6.07) is 3.69. The number of carbonyl (C=O) groups is 4. The van der Waals surface area contributed by atoms with Crippen LogP contribution in [0.3, 0.4) is 0 Å². The number of thiophene rings is 1. The fourth-order valence-electron chi connectivity index (χ4n) is 3.28. The molecule has 3 heterocycles. The number of piperazine rings is 1. The Morgan fingerprint density at radius 2 is 1.43 bits per heavy atom. The van der Waals surface area contributed by atoms with Gasteiger partial charge in [0.15, 0.2) is 5.78 Å². The van der Waals surface area contributed by atoms with Gasteiger partial charge >= 0.3 is 11.8 Å². The van der Waals surface area contributed by atoms with Crippen molar-refractivity contribution in [2.45, 2.75) is 19.8 Å². The van der Waals surface area contributed by atoms with Gasteiger partial charge in [-0.15, -0.1) is 11.3 Å². The van der Waals surface area contributed by atoms with E-state index in [-0.39, 0.29) is 24.5 Å². The number of hydrogen-bond donors (Lipinski definition) is 0. The molecule has 152 valence electrons. The van der Waals surface area contributed by atoms with Crippen molar-refractivity contribution in [3.8, 4) is 0 Å². The van der Waals surface area contributed by atoms with Crippen molar-refractivity contribution in [1.29, 1.82) is 0 Å². The normalized spacial score (nSPS) is 17.5. The maximum atomic E-state index is 12.4. The lowest BCUT2D eigenvalue weighted by atomic mass is 10.1. The highest BCUT2D eigenvalue weighted by atomic mass is 32.1. The molecule has 9 heteroatoms. The van der Waals surface area contributed by atoms with E-state index >= 15 is 0 Å². The number of amides is 3. The van der Waals surface area contributed by atoms with Crippen molar-refractivity contribution >= 4 is 34.8 Å². The summed E-state index contributed by atoms with van der Waals surface area (Å²) in [5.41, 5.74) is 0. The molecule has 1 aromatic rings. The van der Waals surface area contributed by atoms with E-state index in [1.807, 2.05) is 13.0 Å². The van der Waals surface area contributed by atoms with Crippen molar-refractivity contribution in [2.75, 3.05) is 52.5 Å². The summed E-state index contributed by atoms with van der Waals surface area (Å²) in [4.78, 5) is 55.6. The number of rotatable bonds is 4. The molecule has 0 N–H and O–H groups in total. The van der Waals surface area contributed by atoms with E-state index in [9.17, 15) is 19.2 Å². The van der Waals surface area contributed by atoms with Crippen LogP contribution in [0.25, 0.3) is 0 Å². The minimum atomic E-state index is -0.516. The Bertz CT molecular complexity index is 749. The number of carbonyl (C=O) groups excluding carboxylic acids is 4. The van der Waals surface area contributed by atoms with E-state index in [4.69, 9.17) is 4.74 Å². The number of nitrogens with zero attached hydrogens (tertiary/aromatic N) is 3. The molecule has 0 bridgehead atoms. The Morgan fingerprint density at radius 3 is 2.00 bits per heavy atom. The zero-order valence-electron chi connectivity index (χ0n) is 16.0. The Morgan fingerprint density at radius 1 is 0.857 bits per heavy atom. The summed E-state index contributed by atoms with van der Waals surface area (Å²) in [7, 11) is 0. The molecule has 3 amide bonds. The molecular weight excluding hydrogens is 382 g/mol. The van der Waals surface area contributed by atoms with Gasteiger partial charge < -0.3 is 19.4 Å². The Kier molecular flexibility index (Phi) is 6.79. The molecule has 1 aromatic heterocycles. The lowest BCUT2D eigenvalue weighted by molar-refractivity contribution is -0.155. The average Bonchev–Trinajstić information content (AvgIpc) is 3.18. The zero-order valence-corrected chi connectivity index (χ0v) is 16.8. The molecule has 28 heavy (non-hydrogen) atoms. The summed E-state index contributed by atoms with van der Waals surface area (Å²) in [5.74, 6) is -1.12. The summed E-state index contributed by atoms with van der Waals surface area (Å²) in [6.45, 7) is 5.13. The van der Waals surface area contributed by atoms with Crippen LogP contribution in [-0.4, -0.2) is 90.7 Å². The summed E-state index contributed by atoms with van der Waals surface area (Å²) in [5, 5.41) is 0. The first-order valence-electron chi connectivity index (χ1n) is 9.49. The van der Waals surface area contributed by atoms with Crippen LogP contribution < -0.4 is 0 Å². The minimum Gasteiger partial charge on any atom is -0.378 e. The second kappa shape index (κ2) is 9.29. The first kappa shape index (κ1) is 20.5. The number of ketones is 1. The predicted octanol–water partition coefficient (Wildman–Crippen LogP) is 0.549. The topological polar surface area (TPSA) is 87.2 Å². The molecule has 0 atom stereocenters. The lowest BCUT2D eigenvalue weighted by Gasteiger charge is -2.35. The third kappa shape index (κ3) is 4.96. The third-order valence-electron chi connectivity index (χ3n) is 4.98. The van der Waals surface area contributed by atoms with Gasteiger partial charge in [-0.05, 0) is 19.1 Å². The van der Waals surface area contributed by atoms with Crippen molar-refractivity contribution < 1.29 is 23.9 Å². The second-order valence-electron chi connectivity index (χ2n) is 6.91. The largest absolute Gasteiger partial charge is 0.378 e. The quantitative estimate of drug-likeness (QED) is 0.537. The highest BCUT2D eigenvalue weighted by molar-refractivity contribution is 7.14. The van der Waals surface area contributed by atoms with Gasteiger partial charge in [0, 0.05) is 57.0 Å². The van der Waals surface area contributed by atoms with Gasteiger partial charge in [0.2, 0.25) is 5.91 Å². The Labute approximate surface area is 168 Å². The van der Waals surface area contributed by atoms with E-state index in [2.05, 4.69) is 0 Å². The monoisotopic (exact) mass is 407 g/mol. The molecule has 2 saturated heterocycles. The number of ether oxygens (including phenoxy) is 1. The van der Waals surface area contributed by atoms with E-state index < -0.39 is 11.8 Å². The molecule has 0 saturated carbocycles. The number of morpholine rings is 1. The number of hydrogen-bond acceptors (Lipinski definition) is 6. The van der Waals surface area contributed by atoms with Crippen molar-refractivity contribution in [2.24, 2.45) is 0 Å². The highest BCUT2D eigenvalue weighted by Gasteiger charge is 2.31. The Hall–Kier alpha value is -2.26. The second-order valence-corrected chi connectivity index (χ2v) is 8.20. The first-order valence-corrected chi connectivity index (χ1v) is 10.3. The molecule has 0 spiro atoms. The third-order valence-corrected chi connectivity index (χ3v) is 6.02. The molecule has 2 aliphatic heterocycles. The van der Waals surface area contributed by atoms with Crippen LogP contribution in [-0.2, 0) is 19.1 Å². The van der Waals surface area contributed by atoms with Crippen molar-refractivity contribution in [3.05, 3.63) is 21.9 Å². The van der Waals surface area contributed by atoms with Crippen LogP contribution in [0.15, 0.2) is 12.1 Å². The van der Waals surface area contributed by atoms with E-state index in [1.165, 1.54) is 21.1 Å². The Balaban J connectivity index is 1.42. The molecule has 0 unspecified atom stereocenters. The van der Waals surface area contributed by atoms with Crippen LogP contribution in [0.4, 0.5) is 0 Å². The SMILES string of the molecule is Cc1ccc(C(=O)CCC(=O)N2CCN(C(=O)C(=O)N3CCOCC3)CC2)s1. The smallest absolute Gasteiger partial charge is 0.312 e. The van der Waals surface area contributed by atoms with Crippen LogP contribution in [0.5, 0.6) is 0 Å². The first-order chi connectivity index (χ1) is 13.5. The maximum absolute atomic E-state index is 12.4. The molecule has 3 rings (SSSR count). The van der Waals surface area contributed by atoms with Gasteiger partial charge in [-0.1, -0.05) is 0 Å². The lowest BCUT2D eigenvalue weighted by Crippen LogP contribution is -2.55. The summed E-state index contributed by atoms with van der Waals surface area (Å²) >= 11 is 1.44. The molecular formula is C19H25N3O5S. The van der Waals surface area contributed by atoms with Crippen LogP contribution >= 0.6 is 11.3 Å². The van der Waals surface area contributed by atoms with Gasteiger partial charge in [-0.2, -0.15) is 0 Å². The van der Waals surface area contributed by atoms with Gasteiger partial charge in [0.1, 0.15) is 0 Å². The zero-order chi connectivity index (χ0) is 20.1. The molecule has 0 aliphatic carbocycles. The predicted molar refractivity (Wildman–Crippen MR) is 103 cm³/mol. The van der Waals surface area contributed by atoms with Gasteiger partial charge in [0.05, 0.1) is 18.1 Å². The average molecular weight is 407 g/mol. The van der Waals surface area contributed by atoms with Crippen molar-refractivity contribution in [3.63, 3.8) is 0 Å². The number of Topliss-reactive ketones (excluding diaryl/α,β-unsaturated/α-hetero) is 1. The van der Waals surface area contributed by atoms with Gasteiger partial charge in [-0.25, -0.2) is 0 Å². The highest BCUT2D eigenvalue weighted by Crippen LogP contribution is 2.18. The molecule has 2 fully saturated rings. The van der Waals surface area contributed by atoms with E-state index in [1.54, 1.807) is 11.0 Å². The van der Waals surface area contributed by atoms with Crippen LogP contribution in [0.2, 0.25) is 0 Å². The number of aryl methyl sites for hydroxylation is 1. The maximum Gasteiger partial charge on any atom is 0.312 e. The molecule has 0 radical (unpaired) electrons. The van der Waals surface area contributed by atoms with Gasteiger partial charge in [0.25, 0.3) is 0 Å². The summed E-state index contributed by atoms with van der Waals surface area (Å²) < 4.78 is 5.20. The van der Waals surface area contributed by atoms with E-state index in [0.29, 0.717) is 57.4 Å². The minimum absolute atomic E-state index is 0.0172. The van der Waals surface area contributed by atoms with Crippen molar-refractivity contribution in [1.82, 2.24) is 14.7 Å². The van der Waals surface area contributed by atoms with Crippen LogP contribution in [0, 0.1) is 6.92 Å². The fourth-order valence-corrected chi connectivity index (χ4v) is 4.12. The van der Waals surface area contributed by atoms with Gasteiger partial charge in [-0.3, -0.25) is 19.2 Å². The standard InChI is InChI=1S/C19H25N3O5S/c1-14-2-4-16(28-14)15(23)3-5-17(24)20-6-8-21(9-7-20)18(25)19(26)22-10-12-27-13-11-22/h2,4H,3,5-13H2,1H3. The molecule has 2 aliphatic rings. The van der Waals surface area contributed by atoms with E-state index in [0.717, 1.165) is 4.88 Å².